The first kappa shape index (κ1) is 11.0. The molecule has 0 unspecified atom stereocenters. The van der Waals surface area contributed by atoms with E-state index in [0.717, 1.165) is 0 Å². The predicted molar refractivity (Wildman–Crippen MR) is 55.6 cm³/mol. The standard InChI is InChI=1S/C10H11NO4/c1-7(11(12)13)8-4-5-9(14-2)10(6-8)15-3/h4-6H,1H2,2-3H3. The number of rotatable bonds is 4. The molecule has 0 fully saturated rings. The first-order chi connectivity index (χ1) is 7.10. The maximum Gasteiger partial charge on any atom is 0.269 e. The first-order valence-corrected chi connectivity index (χ1v) is 4.16. The van der Waals surface area contributed by atoms with Gasteiger partial charge in [0.2, 0.25) is 0 Å². The van der Waals surface area contributed by atoms with Crippen LogP contribution in [0.15, 0.2) is 24.8 Å². The Morgan fingerprint density at radius 3 is 2.40 bits per heavy atom. The Morgan fingerprint density at radius 1 is 1.33 bits per heavy atom. The second kappa shape index (κ2) is 4.45. The lowest BCUT2D eigenvalue weighted by Gasteiger charge is -2.07. The van der Waals surface area contributed by atoms with Gasteiger partial charge in [0.05, 0.1) is 24.7 Å². The molecular weight excluding hydrogens is 198 g/mol. The van der Waals surface area contributed by atoms with Crippen LogP contribution >= 0.6 is 0 Å². The van der Waals surface area contributed by atoms with Crippen LogP contribution in [0.5, 0.6) is 11.5 Å². The summed E-state index contributed by atoms with van der Waals surface area (Å²) in [4.78, 5) is 9.95. The third-order valence-electron chi connectivity index (χ3n) is 1.94. The van der Waals surface area contributed by atoms with Gasteiger partial charge in [0.15, 0.2) is 11.5 Å². The van der Waals surface area contributed by atoms with E-state index in [1.165, 1.54) is 20.3 Å². The lowest BCUT2D eigenvalue weighted by Crippen LogP contribution is -1.97. The van der Waals surface area contributed by atoms with E-state index in [4.69, 9.17) is 9.47 Å². The van der Waals surface area contributed by atoms with Gasteiger partial charge >= 0.3 is 0 Å². The highest BCUT2D eigenvalue weighted by molar-refractivity contribution is 5.60. The maximum atomic E-state index is 10.5. The molecule has 0 aromatic heterocycles. The summed E-state index contributed by atoms with van der Waals surface area (Å²) in [6, 6.07) is 4.68. The van der Waals surface area contributed by atoms with Gasteiger partial charge in [0.1, 0.15) is 0 Å². The smallest absolute Gasteiger partial charge is 0.269 e. The normalized spacial score (nSPS) is 9.47. The summed E-state index contributed by atoms with van der Waals surface area (Å²) in [5.74, 6) is 0.968. The molecule has 1 aromatic carbocycles. The molecular formula is C10H11NO4. The number of hydrogen-bond donors (Lipinski definition) is 0. The van der Waals surface area contributed by atoms with Gasteiger partial charge in [0, 0.05) is 0 Å². The lowest BCUT2D eigenvalue weighted by atomic mass is 10.1. The van der Waals surface area contributed by atoms with Crippen LogP contribution in [-0.2, 0) is 0 Å². The Hall–Kier alpha value is -2.04. The maximum absolute atomic E-state index is 10.5. The lowest BCUT2D eigenvalue weighted by molar-refractivity contribution is -0.375. The molecule has 1 rings (SSSR count). The van der Waals surface area contributed by atoms with Gasteiger partial charge in [-0.3, -0.25) is 10.1 Å². The Bertz CT molecular complexity index is 400. The molecule has 0 radical (unpaired) electrons. The molecule has 5 heteroatoms. The zero-order valence-corrected chi connectivity index (χ0v) is 8.52. The van der Waals surface area contributed by atoms with Gasteiger partial charge in [-0.15, -0.1) is 0 Å². The third kappa shape index (κ3) is 2.25. The molecule has 0 atom stereocenters. The van der Waals surface area contributed by atoms with Crippen molar-refractivity contribution in [2.24, 2.45) is 0 Å². The van der Waals surface area contributed by atoms with E-state index in [-0.39, 0.29) is 5.70 Å². The molecule has 0 saturated heterocycles. The van der Waals surface area contributed by atoms with Gasteiger partial charge in [-0.25, -0.2) is 0 Å². The molecule has 0 heterocycles. The topological polar surface area (TPSA) is 61.6 Å². The summed E-state index contributed by atoms with van der Waals surface area (Å²) < 4.78 is 10.0. The zero-order valence-electron chi connectivity index (χ0n) is 8.52. The highest BCUT2D eigenvalue weighted by Crippen LogP contribution is 2.29. The number of nitrogens with zero attached hydrogens (tertiary/aromatic N) is 1. The molecule has 5 nitrogen and oxygen atoms in total. The monoisotopic (exact) mass is 209 g/mol. The van der Waals surface area contributed by atoms with Gasteiger partial charge in [-0.2, -0.15) is 0 Å². The molecule has 0 aliphatic rings. The van der Waals surface area contributed by atoms with Crippen molar-refractivity contribution in [3.63, 3.8) is 0 Å². The van der Waals surface area contributed by atoms with E-state index in [1.807, 2.05) is 0 Å². The van der Waals surface area contributed by atoms with Crippen molar-refractivity contribution in [2.75, 3.05) is 14.2 Å². The minimum Gasteiger partial charge on any atom is -0.493 e. The molecule has 0 N–H and O–H groups in total. The fraction of sp³-hybridized carbons (Fsp3) is 0.200. The van der Waals surface area contributed by atoms with Crippen molar-refractivity contribution in [3.05, 3.63) is 40.5 Å². The average Bonchev–Trinajstić information content (AvgIpc) is 2.26. The molecule has 0 saturated carbocycles. The molecule has 80 valence electrons. The Morgan fingerprint density at radius 2 is 1.93 bits per heavy atom. The fourth-order valence-corrected chi connectivity index (χ4v) is 1.12. The van der Waals surface area contributed by atoms with E-state index in [2.05, 4.69) is 6.58 Å². The fourth-order valence-electron chi connectivity index (χ4n) is 1.12. The molecule has 0 amide bonds. The van der Waals surface area contributed by atoms with Crippen LogP contribution in [0, 0.1) is 10.1 Å². The Balaban J connectivity index is 3.13. The van der Waals surface area contributed by atoms with Gasteiger partial charge in [0.25, 0.3) is 5.70 Å². The summed E-state index contributed by atoms with van der Waals surface area (Å²) in [6.45, 7) is 3.36. The van der Waals surface area contributed by atoms with E-state index in [9.17, 15) is 10.1 Å². The first-order valence-electron chi connectivity index (χ1n) is 4.16. The molecule has 1 aromatic rings. The Kier molecular flexibility index (Phi) is 3.28. The molecule has 0 aliphatic carbocycles. The summed E-state index contributed by atoms with van der Waals surface area (Å²) in [5.41, 5.74) is 0.230. The summed E-state index contributed by atoms with van der Waals surface area (Å²) in [7, 11) is 2.97. The SMILES string of the molecule is C=C(c1ccc(OC)c(OC)c1)[N+](=O)[O-]. The minimum absolute atomic E-state index is 0.170. The van der Waals surface area contributed by atoms with Crippen LogP contribution in [0.25, 0.3) is 5.70 Å². The number of methoxy groups -OCH3 is 2. The van der Waals surface area contributed by atoms with Crippen molar-refractivity contribution in [2.45, 2.75) is 0 Å². The van der Waals surface area contributed by atoms with Gasteiger partial charge in [-0.1, -0.05) is 0 Å². The predicted octanol–water partition coefficient (Wildman–Crippen LogP) is 1.95. The van der Waals surface area contributed by atoms with E-state index >= 15 is 0 Å². The van der Waals surface area contributed by atoms with Crippen molar-refractivity contribution < 1.29 is 14.4 Å². The van der Waals surface area contributed by atoms with Crippen LogP contribution in [0.1, 0.15) is 5.56 Å². The molecule has 0 bridgehead atoms. The highest BCUT2D eigenvalue weighted by Gasteiger charge is 2.13. The van der Waals surface area contributed by atoms with E-state index in [1.54, 1.807) is 12.1 Å². The second-order valence-electron chi connectivity index (χ2n) is 2.77. The molecule has 0 spiro atoms. The molecule has 0 aliphatic heterocycles. The highest BCUT2D eigenvalue weighted by atomic mass is 16.6. The van der Waals surface area contributed by atoms with Crippen molar-refractivity contribution in [1.29, 1.82) is 0 Å². The summed E-state index contributed by atoms with van der Waals surface area (Å²) in [5, 5.41) is 10.5. The van der Waals surface area contributed by atoms with Crippen molar-refractivity contribution >= 4 is 5.70 Å². The average molecular weight is 209 g/mol. The van der Waals surface area contributed by atoms with Crippen LogP contribution in [0.2, 0.25) is 0 Å². The number of hydrogen-bond acceptors (Lipinski definition) is 4. The van der Waals surface area contributed by atoms with Crippen LogP contribution < -0.4 is 9.47 Å². The zero-order chi connectivity index (χ0) is 11.4. The third-order valence-corrected chi connectivity index (χ3v) is 1.94. The number of nitro groups is 1. The van der Waals surface area contributed by atoms with Crippen LogP contribution in [-0.4, -0.2) is 19.1 Å². The van der Waals surface area contributed by atoms with E-state index in [0.29, 0.717) is 17.1 Å². The van der Waals surface area contributed by atoms with E-state index < -0.39 is 4.92 Å². The minimum atomic E-state index is -0.540. The largest absolute Gasteiger partial charge is 0.493 e. The quantitative estimate of drug-likeness (QED) is 0.561. The van der Waals surface area contributed by atoms with Gasteiger partial charge in [-0.05, 0) is 24.8 Å². The summed E-state index contributed by atoms with van der Waals surface area (Å²) >= 11 is 0. The Labute approximate surface area is 87.1 Å². The van der Waals surface area contributed by atoms with Crippen molar-refractivity contribution in [1.82, 2.24) is 0 Å². The van der Waals surface area contributed by atoms with Gasteiger partial charge < -0.3 is 9.47 Å². The van der Waals surface area contributed by atoms with Crippen LogP contribution in [0.3, 0.4) is 0 Å². The van der Waals surface area contributed by atoms with Crippen molar-refractivity contribution in [3.8, 4) is 11.5 Å². The number of ether oxygens (including phenoxy) is 2. The second-order valence-corrected chi connectivity index (χ2v) is 2.77. The molecule has 15 heavy (non-hydrogen) atoms. The van der Waals surface area contributed by atoms with Crippen LogP contribution in [0.4, 0.5) is 0 Å². The number of benzene rings is 1. The summed E-state index contributed by atoms with van der Waals surface area (Å²) in [6.07, 6.45) is 0.